The largest absolute Gasteiger partial charge is 0.417 e. The van der Waals surface area contributed by atoms with Crippen LogP contribution in [-0.4, -0.2) is 31.6 Å². The number of hydrogen-bond acceptors (Lipinski definition) is 3. The quantitative estimate of drug-likeness (QED) is 0.248. The van der Waals surface area contributed by atoms with E-state index in [9.17, 15) is 31.1 Å². The van der Waals surface area contributed by atoms with Crippen molar-refractivity contribution in [2.24, 2.45) is 7.05 Å². The third-order valence-electron chi connectivity index (χ3n) is 5.95. The Kier molecular flexibility index (Phi) is 6.41. The van der Waals surface area contributed by atoms with E-state index >= 15 is 0 Å². The third-order valence-corrected chi connectivity index (χ3v) is 5.95. The smallest absolute Gasteiger partial charge is 0.306 e. The van der Waals surface area contributed by atoms with Gasteiger partial charge in [0.05, 0.1) is 28.9 Å². The van der Waals surface area contributed by atoms with E-state index in [1.54, 1.807) is 37.4 Å². The van der Waals surface area contributed by atoms with Crippen molar-refractivity contribution in [2.45, 2.75) is 18.8 Å². The molecule has 1 amide bonds. The Hall–Kier alpha value is -4.61. The molecule has 0 saturated heterocycles. The second-order valence-corrected chi connectivity index (χ2v) is 8.83. The van der Waals surface area contributed by atoms with Gasteiger partial charge in [0.15, 0.2) is 0 Å². The average molecular weight is 543 g/mol. The van der Waals surface area contributed by atoms with Crippen LogP contribution >= 0.6 is 0 Å². The zero-order valence-electron chi connectivity index (χ0n) is 20.2. The fourth-order valence-electron chi connectivity index (χ4n) is 4.23. The number of rotatable bonds is 5. The first-order valence-corrected chi connectivity index (χ1v) is 11.6. The van der Waals surface area contributed by atoms with Gasteiger partial charge in [-0.3, -0.25) is 9.48 Å². The molecule has 0 aliphatic carbocycles. The predicted molar refractivity (Wildman–Crippen MR) is 132 cm³/mol. The lowest BCUT2D eigenvalue weighted by atomic mass is 10.0. The highest BCUT2D eigenvalue weighted by atomic mass is 19.4. The van der Waals surface area contributed by atoms with Gasteiger partial charge in [0.2, 0.25) is 0 Å². The van der Waals surface area contributed by atoms with Gasteiger partial charge in [-0.15, -0.1) is 0 Å². The van der Waals surface area contributed by atoms with Crippen LogP contribution in [0.25, 0.3) is 27.8 Å². The number of nitrogens with one attached hydrogen (secondary N) is 1. The lowest BCUT2D eigenvalue weighted by Gasteiger charge is -2.14. The Bertz CT molecular complexity index is 1670. The molecule has 5 aromatic rings. The normalized spacial score (nSPS) is 12.2. The fourth-order valence-corrected chi connectivity index (χ4v) is 4.23. The number of amides is 1. The van der Waals surface area contributed by atoms with E-state index in [1.807, 2.05) is 0 Å². The summed E-state index contributed by atoms with van der Waals surface area (Å²) in [6.45, 7) is 0. The van der Waals surface area contributed by atoms with Crippen LogP contribution in [0.3, 0.4) is 0 Å². The number of anilines is 1. The van der Waals surface area contributed by atoms with Crippen LogP contribution in [0.4, 0.5) is 32.2 Å². The van der Waals surface area contributed by atoms with Gasteiger partial charge >= 0.3 is 12.4 Å². The van der Waals surface area contributed by atoms with Gasteiger partial charge < -0.3 is 5.32 Å². The molecule has 0 aliphatic rings. The summed E-state index contributed by atoms with van der Waals surface area (Å²) in [7, 11) is 1.56. The van der Waals surface area contributed by atoms with Crippen LogP contribution in [0.15, 0.2) is 79.0 Å². The van der Waals surface area contributed by atoms with Crippen LogP contribution in [0.2, 0.25) is 0 Å². The van der Waals surface area contributed by atoms with E-state index in [4.69, 9.17) is 0 Å². The molecule has 5 rings (SSSR count). The first-order valence-electron chi connectivity index (χ1n) is 11.6. The number of halogens is 6. The van der Waals surface area contributed by atoms with Gasteiger partial charge in [-0.05, 0) is 54.1 Å². The maximum Gasteiger partial charge on any atom is 0.417 e. The predicted octanol–water partition coefficient (Wildman–Crippen LogP) is 6.80. The summed E-state index contributed by atoms with van der Waals surface area (Å²) in [5.41, 5.74) is -0.541. The summed E-state index contributed by atoms with van der Waals surface area (Å²) in [5.74, 6) is -0.585. The lowest BCUT2D eigenvalue weighted by molar-refractivity contribution is -0.137. The van der Waals surface area contributed by atoms with E-state index < -0.39 is 30.2 Å². The minimum absolute atomic E-state index is 0.00618. The molecule has 39 heavy (non-hydrogen) atoms. The molecule has 0 spiro atoms. The van der Waals surface area contributed by atoms with Crippen molar-refractivity contribution < 1.29 is 31.1 Å². The van der Waals surface area contributed by atoms with E-state index in [2.05, 4.69) is 15.5 Å². The van der Waals surface area contributed by atoms with Gasteiger partial charge in [-0.25, -0.2) is 4.68 Å². The molecule has 0 bridgehead atoms. The summed E-state index contributed by atoms with van der Waals surface area (Å²) in [5, 5.41) is 11.5. The topological polar surface area (TPSA) is 64.7 Å². The summed E-state index contributed by atoms with van der Waals surface area (Å²) < 4.78 is 82.7. The number of aromatic nitrogens is 4. The number of fused-ring (bicyclic) bond motifs is 1. The summed E-state index contributed by atoms with van der Waals surface area (Å²) in [4.78, 5) is 13.3. The van der Waals surface area contributed by atoms with Crippen molar-refractivity contribution in [3.8, 4) is 16.9 Å². The minimum Gasteiger partial charge on any atom is -0.306 e. The third kappa shape index (κ3) is 5.49. The molecule has 2 aromatic heterocycles. The molecular weight excluding hydrogens is 524 g/mol. The summed E-state index contributed by atoms with van der Waals surface area (Å²) >= 11 is 0. The van der Waals surface area contributed by atoms with E-state index in [1.165, 1.54) is 39.8 Å². The van der Waals surface area contributed by atoms with E-state index in [-0.39, 0.29) is 33.7 Å². The molecule has 0 radical (unpaired) electrons. The molecule has 0 saturated carbocycles. The molecule has 3 aromatic carbocycles. The van der Waals surface area contributed by atoms with Gasteiger partial charge in [0.25, 0.3) is 5.91 Å². The minimum atomic E-state index is -4.68. The van der Waals surface area contributed by atoms with Crippen LogP contribution in [0.5, 0.6) is 0 Å². The Morgan fingerprint density at radius 1 is 0.897 bits per heavy atom. The maximum absolute atomic E-state index is 13.7. The zero-order chi connectivity index (χ0) is 27.9. The second-order valence-electron chi connectivity index (χ2n) is 8.83. The average Bonchev–Trinajstić information content (AvgIpc) is 3.46. The monoisotopic (exact) mass is 543 g/mol. The Balaban J connectivity index is 1.58. The molecular formula is C27H19F6N5O. The van der Waals surface area contributed by atoms with Gasteiger partial charge in [0.1, 0.15) is 5.82 Å². The second kappa shape index (κ2) is 9.61. The van der Waals surface area contributed by atoms with Crippen molar-refractivity contribution in [1.29, 1.82) is 0 Å². The van der Waals surface area contributed by atoms with E-state index in [0.717, 1.165) is 18.2 Å². The highest BCUT2D eigenvalue weighted by Gasteiger charge is 2.35. The highest BCUT2D eigenvalue weighted by molar-refractivity contribution is 6.09. The van der Waals surface area contributed by atoms with Crippen molar-refractivity contribution in [2.75, 3.05) is 5.32 Å². The lowest BCUT2D eigenvalue weighted by Crippen LogP contribution is -2.16. The number of para-hydroxylation sites is 1. The highest BCUT2D eigenvalue weighted by Crippen LogP contribution is 2.37. The van der Waals surface area contributed by atoms with Crippen molar-refractivity contribution >= 4 is 22.6 Å². The number of alkyl halides is 6. The number of hydrogen-bond donors (Lipinski definition) is 1. The van der Waals surface area contributed by atoms with E-state index in [0.29, 0.717) is 11.1 Å². The first kappa shape index (κ1) is 26.0. The molecule has 0 unspecified atom stereocenters. The molecule has 6 nitrogen and oxygen atoms in total. The SMILES string of the molecule is Cn1ccc(-c2cc(C(=O)Nc3c4ccc(CC(F)(F)F)cc4nn3-c3ccccc3)ccc2C(F)(F)F)n1. The van der Waals surface area contributed by atoms with Crippen LogP contribution in [0, 0.1) is 0 Å². The van der Waals surface area contributed by atoms with Crippen molar-refractivity contribution in [3.63, 3.8) is 0 Å². The molecule has 2 heterocycles. The maximum atomic E-state index is 13.7. The number of carbonyl (C=O) groups is 1. The molecule has 200 valence electrons. The van der Waals surface area contributed by atoms with Crippen LogP contribution in [-0.2, 0) is 19.6 Å². The Labute approximate surface area is 217 Å². The first-order chi connectivity index (χ1) is 18.4. The molecule has 12 heteroatoms. The van der Waals surface area contributed by atoms with Gasteiger partial charge in [-0.2, -0.15) is 36.5 Å². The van der Waals surface area contributed by atoms with Gasteiger partial charge in [-0.1, -0.05) is 24.3 Å². The molecule has 0 fully saturated rings. The van der Waals surface area contributed by atoms with Crippen molar-refractivity contribution in [3.05, 3.63) is 95.7 Å². The Morgan fingerprint density at radius 3 is 2.28 bits per heavy atom. The van der Waals surface area contributed by atoms with Crippen molar-refractivity contribution in [1.82, 2.24) is 19.6 Å². The molecule has 1 N–H and O–H groups in total. The standard InChI is InChI=1S/C27H19F6N5O/c1-37-12-11-22(35-37)20-14-17(8-10-21(20)27(31,32)33)25(39)34-24-19-9-7-16(15-26(28,29)30)13-23(19)36-38(24)18-5-3-2-4-6-18/h2-14H,15H2,1H3,(H,34,39). The van der Waals surface area contributed by atoms with Gasteiger partial charge in [0, 0.05) is 29.8 Å². The number of nitrogens with zero attached hydrogens (tertiary/aromatic N) is 4. The zero-order valence-corrected chi connectivity index (χ0v) is 20.2. The number of aryl methyl sites for hydroxylation is 1. The molecule has 0 atom stereocenters. The summed E-state index contributed by atoms with van der Waals surface area (Å²) in [6.07, 6.45) is -8.76. The fraction of sp³-hybridized carbons (Fsp3) is 0.148. The summed E-state index contributed by atoms with van der Waals surface area (Å²) in [6, 6.07) is 17.0. The number of carbonyl (C=O) groups excluding carboxylic acids is 1. The molecule has 0 aliphatic heterocycles. The Morgan fingerprint density at radius 2 is 1.64 bits per heavy atom. The van der Waals surface area contributed by atoms with Crippen LogP contribution < -0.4 is 5.32 Å². The number of benzene rings is 3. The van der Waals surface area contributed by atoms with Crippen LogP contribution in [0.1, 0.15) is 21.5 Å².